The van der Waals surface area contributed by atoms with E-state index in [9.17, 15) is 19.4 Å². The average molecular weight is 391 g/mol. The van der Waals surface area contributed by atoms with Crippen molar-refractivity contribution in [2.24, 2.45) is 0 Å². The van der Waals surface area contributed by atoms with Crippen LogP contribution in [0.3, 0.4) is 0 Å². The number of rotatable bonds is 6. The van der Waals surface area contributed by atoms with E-state index in [0.717, 1.165) is 11.3 Å². The Hall–Kier alpha value is -3.18. The highest BCUT2D eigenvalue weighted by Gasteiger charge is 2.48. The summed E-state index contributed by atoms with van der Waals surface area (Å²) in [6.45, 7) is 0. The molecule has 3 aromatic carbocycles. The van der Waals surface area contributed by atoms with Gasteiger partial charge >= 0.3 is 0 Å². The van der Waals surface area contributed by atoms with E-state index in [1.165, 1.54) is 12.1 Å². The molecule has 0 saturated carbocycles. The van der Waals surface area contributed by atoms with Gasteiger partial charge in [0.2, 0.25) is 5.91 Å². The maximum Gasteiger partial charge on any atom is 0.236 e. The van der Waals surface area contributed by atoms with Crippen LogP contribution in [0.2, 0.25) is 0 Å². The summed E-state index contributed by atoms with van der Waals surface area (Å²) in [6.07, 6.45) is 0.302. The Balaban J connectivity index is 1.55. The van der Waals surface area contributed by atoms with E-state index in [0.29, 0.717) is 18.4 Å². The van der Waals surface area contributed by atoms with Gasteiger partial charge in [-0.3, -0.25) is 4.79 Å². The number of hydrogen-bond donors (Lipinski definition) is 2. The molecule has 1 aliphatic rings. The average Bonchev–Trinajstić information content (AvgIpc) is 2.73. The van der Waals surface area contributed by atoms with Gasteiger partial charge in [-0.2, -0.15) is 0 Å². The van der Waals surface area contributed by atoms with Crippen molar-refractivity contribution in [3.05, 3.63) is 95.8 Å². The van der Waals surface area contributed by atoms with Gasteiger partial charge in [-0.15, -0.1) is 0 Å². The fourth-order valence-electron chi connectivity index (χ4n) is 3.97. The van der Waals surface area contributed by atoms with E-state index >= 15 is 0 Å². The first-order valence-corrected chi connectivity index (χ1v) is 9.65. The van der Waals surface area contributed by atoms with Gasteiger partial charge in [-0.1, -0.05) is 42.5 Å². The number of carbonyl (C=O) groups is 1. The normalized spacial score (nSPS) is 19.7. The maximum atomic E-state index is 13.1. The summed E-state index contributed by atoms with van der Waals surface area (Å²) in [5.41, 5.74) is 2.33. The summed E-state index contributed by atoms with van der Waals surface area (Å²) in [4.78, 5) is 14.7. The van der Waals surface area contributed by atoms with Crippen LogP contribution in [-0.4, -0.2) is 22.2 Å². The zero-order valence-corrected chi connectivity index (χ0v) is 15.8. The van der Waals surface area contributed by atoms with Crippen molar-refractivity contribution in [2.75, 3.05) is 4.90 Å². The number of carbonyl (C=O) groups excluding carboxylic acids is 1. The first-order chi connectivity index (χ1) is 14.0. The first kappa shape index (κ1) is 19.2. The van der Waals surface area contributed by atoms with Crippen LogP contribution in [0, 0.1) is 5.82 Å². The molecule has 1 fully saturated rings. The van der Waals surface area contributed by atoms with Gasteiger partial charge in [0.15, 0.2) is 0 Å². The van der Waals surface area contributed by atoms with E-state index < -0.39 is 6.10 Å². The van der Waals surface area contributed by atoms with Crippen LogP contribution in [0.25, 0.3) is 0 Å². The highest BCUT2D eigenvalue weighted by Crippen LogP contribution is 2.42. The number of phenols is 1. The van der Waals surface area contributed by atoms with Gasteiger partial charge in [-0.05, 0) is 60.4 Å². The number of aliphatic hydroxyl groups excluding tert-OH is 1. The monoisotopic (exact) mass is 391 g/mol. The number of phenolic OH excluding ortho intramolecular Hbond substituents is 1. The Morgan fingerprint density at radius 3 is 2.24 bits per heavy atom. The van der Waals surface area contributed by atoms with Crippen molar-refractivity contribution in [1.29, 1.82) is 0 Å². The van der Waals surface area contributed by atoms with E-state index in [1.807, 2.05) is 30.3 Å². The molecule has 29 heavy (non-hydrogen) atoms. The number of nitrogens with zero attached hydrogens (tertiary/aromatic N) is 1. The molecule has 0 radical (unpaired) electrons. The molecule has 5 heteroatoms. The number of aliphatic hydroxyl groups is 1. The van der Waals surface area contributed by atoms with Crippen LogP contribution in [0.15, 0.2) is 78.9 Å². The van der Waals surface area contributed by atoms with Crippen LogP contribution in [0.1, 0.15) is 36.0 Å². The van der Waals surface area contributed by atoms with Gasteiger partial charge in [0, 0.05) is 5.69 Å². The third-order valence-electron chi connectivity index (χ3n) is 5.50. The molecule has 0 unspecified atom stereocenters. The Morgan fingerprint density at radius 2 is 1.59 bits per heavy atom. The number of amides is 1. The fraction of sp³-hybridized carbons (Fsp3) is 0.208. The predicted molar refractivity (Wildman–Crippen MR) is 109 cm³/mol. The summed E-state index contributed by atoms with van der Waals surface area (Å²) in [7, 11) is 0. The van der Waals surface area contributed by atoms with Crippen molar-refractivity contribution >= 4 is 11.6 Å². The Kier molecular flexibility index (Phi) is 5.32. The van der Waals surface area contributed by atoms with E-state index in [1.54, 1.807) is 41.3 Å². The van der Waals surface area contributed by atoms with E-state index in [-0.39, 0.29) is 29.4 Å². The zero-order valence-electron chi connectivity index (χ0n) is 15.8. The lowest BCUT2D eigenvalue weighted by Gasteiger charge is -2.48. The van der Waals surface area contributed by atoms with Gasteiger partial charge in [0.05, 0.1) is 18.1 Å². The molecule has 3 atom stereocenters. The highest BCUT2D eigenvalue weighted by atomic mass is 19.1. The second-order valence-electron chi connectivity index (χ2n) is 7.33. The molecular weight excluding hydrogens is 369 g/mol. The molecule has 0 aliphatic carbocycles. The molecule has 148 valence electrons. The van der Waals surface area contributed by atoms with Crippen LogP contribution >= 0.6 is 0 Å². The summed E-state index contributed by atoms with van der Waals surface area (Å²) in [5.74, 6) is -0.503. The smallest absolute Gasteiger partial charge is 0.236 e. The number of β-lactam (4-membered cyclic amide) rings is 1. The minimum atomic E-state index is -0.732. The van der Waals surface area contributed by atoms with Crippen LogP contribution in [0.5, 0.6) is 5.75 Å². The van der Waals surface area contributed by atoms with Gasteiger partial charge in [0.1, 0.15) is 11.6 Å². The third-order valence-corrected chi connectivity index (χ3v) is 5.50. The Morgan fingerprint density at radius 1 is 0.931 bits per heavy atom. The molecule has 0 bridgehead atoms. The van der Waals surface area contributed by atoms with Gasteiger partial charge in [0.25, 0.3) is 0 Å². The topological polar surface area (TPSA) is 60.8 Å². The highest BCUT2D eigenvalue weighted by molar-refractivity contribution is 6.06. The largest absolute Gasteiger partial charge is 0.508 e. The lowest BCUT2D eigenvalue weighted by molar-refractivity contribution is -0.126. The molecular formula is C24H22FNO3. The maximum absolute atomic E-state index is 13.1. The number of anilines is 1. The lowest BCUT2D eigenvalue weighted by atomic mass is 9.78. The Labute approximate surface area is 168 Å². The molecule has 1 heterocycles. The van der Waals surface area contributed by atoms with Gasteiger partial charge in [-0.25, -0.2) is 4.39 Å². The standard InChI is InChI=1S/C24H22FNO3/c25-18-10-6-16(7-11-18)22(28)15-14-21-23(17-8-12-20(27)13-9-17)24(29)26(21)19-4-2-1-3-5-19/h1-13,21-23,27-28H,14-15H2/t21-,22-,23+/m0/s1. The second-order valence-corrected chi connectivity index (χ2v) is 7.33. The number of hydrogen-bond acceptors (Lipinski definition) is 3. The summed E-state index contributed by atoms with van der Waals surface area (Å²) >= 11 is 0. The zero-order chi connectivity index (χ0) is 20.4. The predicted octanol–water partition coefficient (Wildman–Crippen LogP) is 4.54. The van der Waals surface area contributed by atoms with Crippen molar-refractivity contribution in [1.82, 2.24) is 0 Å². The summed E-state index contributed by atoms with van der Waals surface area (Å²) in [5, 5.41) is 20.1. The minimum absolute atomic E-state index is 0.00293. The lowest BCUT2D eigenvalue weighted by Crippen LogP contribution is -2.59. The molecule has 1 aliphatic heterocycles. The SMILES string of the molecule is O=C1[C@H](c2ccc(O)cc2)[C@H](CC[C@H](O)c2ccc(F)cc2)N1c1ccccc1. The quantitative estimate of drug-likeness (QED) is 0.607. The minimum Gasteiger partial charge on any atom is -0.508 e. The van der Waals surface area contributed by atoms with Crippen LogP contribution in [0.4, 0.5) is 10.1 Å². The van der Waals surface area contributed by atoms with Crippen molar-refractivity contribution in [3.63, 3.8) is 0 Å². The number of aromatic hydroxyl groups is 1. The van der Waals surface area contributed by atoms with E-state index in [4.69, 9.17) is 0 Å². The van der Waals surface area contributed by atoms with Gasteiger partial charge < -0.3 is 15.1 Å². The molecule has 2 N–H and O–H groups in total. The third kappa shape index (κ3) is 3.87. The van der Waals surface area contributed by atoms with Crippen molar-refractivity contribution < 1.29 is 19.4 Å². The molecule has 1 saturated heterocycles. The molecule has 1 amide bonds. The number of halogens is 1. The number of benzene rings is 3. The second kappa shape index (κ2) is 8.05. The first-order valence-electron chi connectivity index (χ1n) is 9.65. The summed E-state index contributed by atoms with van der Waals surface area (Å²) in [6, 6.07) is 21.9. The van der Waals surface area contributed by atoms with Crippen molar-refractivity contribution in [2.45, 2.75) is 30.9 Å². The molecule has 4 rings (SSSR count). The molecule has 0 spiro atoms. The Bertz CT molecular complexity index is 973. The van der Waals surface area contributed by atoms with Crippen LogP contribution < -0.4 is 4.90 Å². The molecule has 4 nitrogen and oxygen atoms in total. The number of para-hydroxylation sites is 1. The summed E-state index contributed by atoms with van der Waals surface area (Å²) < 4.78 is 13.1. The van der Waals surface area contributed by atoms with Crippen LogP contribution in [-0.2, 0) is 4.79 Å². The van der Waals surface area contributed by atoms with Crippen molar-refractivity contribution in [3.8, 4) is 5.75 Å². The molecule has 3 aromatic rings. The van der Waals surface area contributed by atoms with E-state index in [2.05, 4.69) is 0 Å². The fourth-order valence-corrected chi connectivity index (χ4v) is 3.97. The molecule has 0 aromatic heterocycles.